The summed E-state index contributed by atoms with van der Waals surface area (Å²) in [7, 11) is 0. The van der Waals surface area contributed by atoms with Gasteiger partial charge in [-0.25, -0.2) is 0 Å². The second kappa shape index (κ2) is 55.4. The van der Waals surface area contributed by atoms with E-state index in [-0.39, 0.29) is 31.1 Å². The summed E-state index contributed by atoms with van der Waals surface area (Å²) in [5, 5.41) is 0. The zero-order valence-corrected chi connectivity index (χ0v) is 44.2. The molecule has 0 aromatic rings. The van der Waals surface area contributed by atoms with Crippen molar-refractivity contribution in [3.8, 4) is 0 Å². The van der Waals surface area contributed by atoms with E-state index in [4.69, 9.17) is 14.2 Å². The molecule has 6 nitrogen and oxygen atoms in total. The average Bonchev–Trinajstić information content (AvgIpc) is 3.33. The molecule has 1 atom stereocenters. The van der Waals surface area contributed by atoms with Crippen LogP contribution >= 0.6 is 0 Å². The molecule has 0 fully saturated rings. The molecule has 1 unspecified atom stereocenters. The highest BCUT2D eigenvalue weighted by Crippen LogP contribution is 2.14. The zero-order valence-electron chi connectivity index (χ0n) is 44.2. The van der Waals surface area contributed by atoms with Crippen molar-refractivity contribution in [3.05, 3.63) is 72.9 Å². The highest BCUT2D eigenvalue weighted by molar-refractivity contribution is 5.71. The smallest absolute Gasteiger partial charge is 0.306 e. The molecule has 0 amide bonds. The van der Waals surface area contributed by atoms with Crippen molar-refractivity contribution in [2.45, 2.75) is 284 Å². The van der Waals surface area contributed by atoms with Gasteiger partial charge in [0, 0.05) is 19.3 Å². The summed E-state index contributed by atoms with van der Waals surface area (Å²) in [5.41, 5.74) is 0. The number of hydrogen-bond acceptors (Lipinski definition) is 6. The normalized spacial score (nSPS) is 12.6. The van der Waals surface area contributed by atoms with Gasteiger partial charge in [0.15, 0.2) is 6.10 Å². The minimum absolute atomic E-state index is 0.0929. The molecule has 0 spiro atoms. The van der Waals surface area contributed by atoms with Crippen LogP contribution in [0.4, 0.5) is 0 Å². The van der Waals surface area contributed by atoms with Gasteiger partial charge >= 0.3 is 17.9 Å². The van der Waals surface area contributed by atoms with Gasteiger partial charge in [0.2, 0.25) is 0 Å². The maximum atomic E-state index is 12.8. The predicted molar refractivity (Wildman–Crippen MR) is 288 cm³/mol. The van der Waals surface area contributed by atoms with E-state index in [1.54, 1.807) is 0 Å². The van der Waals surface area contributed by atoms with Crippen molar-refractivity contribution in [3.63, 3.8) is 0 Å². The first-order chi connectivity index (χ1) is 33.0. The van der Waals surface area contributed by atoms with Gasteiger partial charge in [-0.3, -0.25) is 14.4 Å². The number of hydrogen-bond donors (Lipinski definition) is 0. The van der Waals surface area contributed by atoms with Gasteiger partial charge in [-0.2, -0.15) is 0 Å². The molecule has 0 aliphatic carbocycles. The molecule has 0 aromatic heterocycles. The summed E-state index contributed by atoms with van der Waals surface area (Å²) in [4.78, 5) is 38.1. The molecule has 386 valence electrons. The second-order valence-electron chi connectivity index (χ2n) is 18.8. The van der Waals surface area contributed by atoms with E-state index < -0.39 is 6.10 Å². The van der Waals surface area contributed by atoms with Crippen LogP contribution in [0.3, 0.4) is 0 Å². The van der Waals surface area contributed by atoms with Crippen molar-refractivity contribution in [2.24, 2.45) is 0 Å². The molecule has 6 heteroatoms. The van der Waals surface area contributed by atoms with E-state index in [2.05, 4.69) is 93.7 Å². The predicted octanol–water partition coefficient (Wildman–Crippen LogP) is 19.0. The van der Waals surface area contributed by atoms with Crippen molar-refractivity contribution >= 4 is 17.9 Å². The molecule has 0 heterocycles. The van der Waals surface area contributed by atoms with Crippen molar-refractivity contribution < 1.29 is 28.6 Å². The second-order valence-corrected chi connectivity index (χ2v) is 18.8. The molecule has 67 heavy (non-hydrogen) atoms. The monoisotopic (exact) mass is 935 g/mol. The third-order valence-electron chi connectivity index (χ3n) is 12.2. The van der Waals surface area contributed by atoms with Crippen LogP contribution in [0.15, 0.2) is 72.9 Å². The van der Waals surface area contributed by atoms with E-state index in [1.807, 2.05) is 0 Å². The number of carbonyl (C=O) groups excluding carboxylic acids is 3. The summed E-state index contributed by atoms with van der Waals surface area (Å²) in [6.45, 7) is 6.57. The van der Waals surface area contributed by atoms with Gasteiger partial charge in [0.25, 0.3) is 0 Å². The molecule has 0 saturated carbocycles. The Morgan fingerprint density at radius 2 is 0.537 bits per heavy atom. The highest BCUT2D eigenvalue weighted by atomic mass is 16.6. The molecule has 0 aliphatic rings. The molecular weight excluding hydrogens is 829 g/mol. The average molecular weight is 936 g/mol. The molecule has 0 aromatic carbocycles. The summed E-state index contributed by atoms with van der Waals surface area (Å²) >= 11 is 0. The first kappa shape index (κ1) is 63.8. The number of esters is 3. The fourth-order valence-corrected chi connectivity index (χ4v) is 7.83. The topological polar surface area (TPSA) is 78.9 Å². The lowest BCUT2D eigenvalue weighted by atomic mass is 10.1. The van der Waals surface area contributed by atoms with Crippen molar-refractivity contribution in [1.29, 1.82) is 0 Å². The largest absolute Gasteiger partial charge is 0.462 e. The van der Waals surface area contributed by atoms with Gasteiger partial charge in [0.05, 0.1) is 0 Å². The molecule has 0 aliphatic heterocycles. The Hall–Kier alpha value is -3.15. The molecule has 0 radical (unpaired) electrons. The summed E-state index contributed by atoms with van der Waals surface area (Å²) in [6.07, 6.45) is 70.3. The maximum absolute atomic E-state index is 12.8. The molecule has 0 bridgehead atoms. The van der Waals surface area contributed by atoms with Crippen LogP contribution in [-0.4, -0.2) is 37.2 Å². The van der Waals surface area contributed by atoms with E-state index >= 15 is 0 Å². The van der Waals surface area contributed by atoms with Crippen LogP contribution < -0.4 is 0 Å². The molecule has 0 rings (SSSR count). The number of allylic oxidation sites excluding steroid dienone is 12. The summed E-state index contributed by atoms with van der Waals surface area (Å²) in [5.74, 6) is -0.934. The van der Waals surface area contributed by atoms with E-state index in [9.17, 15) is 14.4 Å². The van der Waals surface area contributed by atoms with Crippen molar-refractivity contribution in [1.82, 2.24) is 0 Å². The van der Waals surface area contributed by atoms with Crippen LogP contribution in [0.25, 0.3) is 0 Å². The number of carbonyl (C=O) groups is 3. The Kier molecular flexibility index (Phi) is 52.8. The number of unbranched alkanes of at least 4 members (excludes halogenated alkanes) is 28. The van der Waals surface area contributed by atoms with Gasteiger partial charge in [-0.15, -0.1) is 0 Å². The molecule has 0 N–H and O–H groups in total. The first-order valence-electron chi connectivity index (χ1n) is 28.4. The lowest BCUT2D eigenvalue weighted by Crippen LogP contribution is -2.30. The number of ether oxygens (including phenoxy) is 3. The lowest BCUT2D eigenvalue weighted by molar-refractivity contribution is -0.167. The van der Waals surface area contributed by atoms with Gasteiger partial charge in [-0.1, -0.05) is 216 Å². The Morgan fingerprint density at radius 3 is 0.896 bits per heavy atom. The Bertz CT molecular complexity index is 1260. The quantitative estimate of drug-likeness (QED) is 0.0262. The molecular formula is C61H106O6. The maximum Gasteiger partial charge on any atom is 0.306 e. The zero-order chi connectivity index (χ0) is 48.6. The van der Waals surface area contributed by atoms with Crippen LogP contribution in [-0.2, 0) is 28.6 Å². The van der Waals surface area contributed by atoms with E-state index in [1.165, 1.54) is 135 Å². The van der Waals surface area contributed by atoms with E-state index in [0.717, 1.165) is 103 Å². The summed E-state index contributed by atoms with van der Waals surface area (Å²) < 4.78 is 16.8. The van der Waals surface area contributed by atoms with Crippen LogP contribution in [0.2, 0.25) is 0 Å². The third kappa shape index (κ3) is 53.7. The number of rotatable bonds is 51. The van der Waals surface area contributed by atoms with Crippen LogP contribution in [0.5, 0.6) is 0 Å². The summed E-state index contributed by atoms with van der Waals surface area (Å²) in [6, 6.07) is 0. The third-order valence-corrected chi connectivity index (χ3v) is 12.2. The highest BCUT2D eigenvalue weighted by Gasteiger charge is 2.19. The minimum atomic E-state index is -0.796. The van der Waals surface area contributed by atoms with Gasteiger partial charge < -0.3 is 14.2 Å². The first-order valence-corrected chi connectivity index (χ1v) is 28.4. The fourth-order valence-electron chi connectivity index (χ4n) is 7.83. The van der Waals surface area contributed by atoms with Gasteiger partial charge in [-0.05, 0) is 116 Å². The SMILES string of the molecule is CCCCCC=CCC=CCC=CCC=CCCCCCC(=O)OCC(COC(=O)CCCCCCCC=CCCCCCCCC)OC(=O)CCCCCCCC=CCCCCCCCC. The lowest BCUT2D eigenvalue weighted by Gasteiger charge is -2.18. The standard InChI is InChI=1S/C61H106O6/c1-4-7-10-13-16-19-22-25-28-29-30-31-34-36-39-42-45-48-51-54-60(63)66-57-58(67-61(64)55-52-49-46-43-40-37-33-27-24-21-18-15-12-9-6-3)56-65-59(62)53-50-47-44-41-38-35-32-26-23-20-17-14-11-8-5-2/h16,19,25-28,30-33,36,39,58H,4-15,17-18,20-24,29,34-35,37-38,40-57H2,1-3H3. The van der Waals surface area contributed by atoms with Crippen LogP contribution in [0.1, 0.15) is 278 Å². The van der Waals surface area contributed by atoms with Crippen molar-refractivity contribution in [2.75, 3.05) is 13.2 Å². The Labute approximate surface area is 414 Å². The minimum Gasteiger partial charge on any atom is -0.462 e. The van der Waals surface area contributed by atoms with Gasteiger partial charge in [0.1, 0.15) is 13.2 Å². The van der Waals surface area contributed by atoms with E-state index in [0.29, 0.717) is 19.3 Å². The Balaban J connectivity index is 4.46. The molecule has 0 saturated heterocycles. The van der Waals surface area contributed by atoms with Crippen LogP contribution in [0, 0.1) is 0 Å². The fraction of sp³-hybridized carbons (Fsp3) is 0.754. The Morgan fingerprint density at radius 1 is 0.299 bits per heavy atom.